The van der Waals surface area contributed by atoms with Gasteiger partial charge in [-0.05, 0) is 19.1 Å². The van der Waals surface area contributed by atoms with Crippen LogP contribution in [0.3, 0.4) is 0 Å². The minimum atomic E-state index is -0.486. The predicted octanol–water partition coefficient (Wildman–Crippen LogP) is 1.97. The number of rotatable bonds is 3. The molecule has 4 nitrogen and oxygen atoms in total. The summed E-state index contributed by atoms with van der Waals surface area (Å²) in [6.45, 7) is 5.29. The Morgan fingerprint density at radius 3 is 2.67 bits per heavy atom. The Balaban J connectivity index is 3.11. The molecule has 0 atom stereocenters. The molecule has 0 heterocycles. The second kappa shape index (κ2) is 4.50. The van der Waals surface area contributed by atoms with Gasteiger partial charge in [-0.3, -0.25) is 0 Å². The van der Waals surface area contributed by atoms with Crippen molar-refractivity contribution < 1.29 is 14.3 Å². The van der Waals surface area contributed by atoms with Crippen LogP contribution in [0, 0.1) is 0 Å². The maximum Gasteiger partial charge on any atom is 0.340 e. The van der Waals surface area contributed by atoms with Crippen LogP contribution in [0.4, 0.5) is 5.69 Å². The number of allylic oxidation sites excluding steroid dienone is 1. The Morgan fingerprint density at radius 1 is 1.47 bits per heavy atom. The molecular weight excluding hydrogens is 194 g/mol. The molecule has 0 fully saturated rings. The summed E-state index contributed by atoms with van der Waals surface area (Å²) in [6, 6.07) is 4.91. The van der Waals surface area contributed by atoms with Gasteiger partial charge in [0.05, 0.1) is 24.1 Å². The number of nitrogens with two attached hydrogens (primary N) is 1. The molecule has 0 aliphatic carbocycles. The fourth-order valence-electron chi connectivity index (χ4n) is 1.11. The van der Waals surface area contributed by atoms with Crippen LogP contribution in [-0.2, 0) is 4.74 Å². The second-order valence-corrected chi connectivity index (χ2v) is 3.01. The number of methoxy groups -OCH3 is 1. The quantitative estimate of drug-likeness (QED) is 0.467. The van der Waals surface area contributed by atoms with Crippen LogP contribution >= 0.6 is 0 Å². The zero-order valence-electron chi connectivity index (χ0n) is 8.74. The molecule has 0 aromatic heterocycles. The highest BCUT2D eigenvalue weighted by Gasteiger charge is 2.13. The van der Waals surface area contributed by atoms with Crippen molar-refractivity contribution in [2.75, 3.05) is 12.8 Å². The van der Waals surface area contributed by atoms with E-state index in [1.54, 1.807) is 25.1 Å². The molecule has 0 amide bonds. The van der Waals surface area contributed by atoms with E-state index in [0.29, 0.717) is 11.5 Å². The van der Waals surface area contributed by atoms with E-state index in [9.17, 15) is 4.79 Å². The van der Waals surface area contributed by atoms with Crippen LogP contribution in [0.15, 0.2) is 30.5 Å². The summed E-state index contributed by atoms with van der Waals surface area (Å²) < 4.78 is 9.83. The molecular formula is C11H13NO3. The van der Waals surface area contributed by atoms with Gasteiger partial charge in [-0.1, -0.05) is 12.6 Å². The molecule has 0 aliphatic heterocycles. The van der Waals surface area contributed by atoms with E-state index in [-0.39, 0.29) is 11.3 Å². The zero-order valence-corrected chi connectivity index (χ0v) is 8.74. The topological polar surface area (TPSA) is 61.5 Å². The summed E-state index contributed by atoms with van der Waals surface area (Å²) in [5.74, 6) is 0.425. The molecule has 0 saturated carbocycles. The number of ether oxygens (including phenoxy) is 2. The number of para-hydroxylation sites is 1. The SMILES string of the molecule is C=C(C)Oc1cccc(C(=O)OC)c1N. The lowest BCUT2D eigenvalue weighted by molar-refractivity contribution is 0.0601. The highest BCUT2D eigenvalue weighted by atomic mass is 16.5. The van der Waals surface area contributed by atoms with Crippen LogP contribution in [0.25, 0.3) is 0 Å². The van der Waals surface area contributed by atoms with Crippen molar-refractivity contribution in [2.24, 2.45) is 0 Å². The molecule has 1 aromatic rings. The summed E-state index contributed by atoms with van der Waals surface area (Å²) in [5, 5.41) is 0. The molecule has 1 aromatic carbocycles. The second-order valence-electron chi connectivity index (χ2n) is 3.01. The first-order valence-corrected chi connectivity index (χ1v) is 4.36. The standard InChI is InChI=1S/C11H13NO3/c1-7(2)15-9-6-4-5-8(10(9)12)11(13)14-3/h4-6H,1,12H2,2-3H3. The lowest BCUT2D eigenvalue weighted by Gasteiger charge is -2.10. The Kier molecular flexibility index (Phi) is 3.33. The third-order valence-corrected chi connectivity index (χ3v) is 1.76. The molecule has 2 N–H and O–H groups in total. The minimum absolute atomic E-state index is 0.257. The van der Waals surface area contributed by atoms with Crippen molar-refractivity contribution in [1.82, 2.24) is 0 Å². The van der Waals surface area contributed by atoms with Crippen LogP contribution in [-0.4, -0.2) is 13.1 Å². The average molecular weight is 207 g/mol. The van der Waals surface area contributed by atoms with Gasteiger partial charge < -0.3 is 15.2 Å². The number of anilines is 1. The molecule has 0 saturated heterocycles. The van der Waals surface area contributed by atoms with Crippen molar-refractivity contribution in [3.8, 4) is 5.75 Å². The maximum absolute atomic E-state index is 11.3. The first kappa shape index (κ1) is 11.1. The number of hydrogen-bond donors (Lipinski definition) is 1. The smallest absolute Gasteiger partial charge is 0.340 e. The highest BCUT2D eigenvalue weighted by molar-refractivity contribution is 5.96. The van der Waals surface area contributed by atoms with Crippen molar-refractivity contribution >= 4 is 11.7 Å². The number of nitrogen functional groups attached to an aromatic ring is 1. The molecule has 1 rings (SSSR count). The fraction of sp³-hybridized carbons (Fsp3) is 0.182. The number of carbonyl (C=O) groups excluding carboxylic acids is 1. The Bertz CT molecular complexity index is 399. The van der Waals surface area contributed by atoms with Gasteiger partial charge in [0.25, 0.3) is 0 Å². The number of benzene rings is 1. The largest absolute Gasteiger partial charge is 0.465 e. The first-order chi connectivity index (χ1) is 7.06. The summed E-state index contributed by atoms with van der Waals surface area (Å²) in [7, 11) is 1.30. The normalized spacial score (nSPS) is 9.47. The molecule has 0 aliphatic rings. The van der Waals surface area contributed by atoms with Gasteiger partial charge in [0, 0.05) is 0 Å². The minimum Gasteiger partial charge on any atom is -0.465 e. The molecule has 0 bridgehead atoms. The van der Waals surface area contributed by atoms with Gasteiger partial charge in [0.15, 0.2) is 5.75 Å². The summed E-state index contributed by atoms with van der Waals surface area (Å²) in [5.41, 5.74) is 6.29. The number of hydrogen-bond acceptors (Lipinski definition) is 4. The van der Waals surface area contributed by atoms with E-state index in [4.69, 9.17) is 10.5 Å². The fourth-order valence-corrected chi connectivity index (χ4v) is 1.11. The Hall–Kier alpha value is -1.97. The Morgan fingerprint density at radius 2 is 2.13 bits per heavy atom. The summed E-state index contributed by atoms with van der Waals surface area (Å²) >= 11 is 0. The van der Waals surface area contributed by atoms with E-state index in [2.05, 4.69) is 11.3 Å². The van der Waals surface area contributed by atoms with E-state index in [1.807, 2.05) is 0 Å². The van der Waals surface area contributed by atoms with Crippen molar-refractivity contribution in [3.63, 3.8) is 0 Å². The van der Waals surface area contributed by atoms with Gasteiger partial charge in [-0.25, -0.2) is 4.79 Å². The molecule has 0 spiro atoms. The molecule has 0 unspecified atom stereocenters. The van der Waals surface area contributed by atoms with Crippen LogP contribution < -0.4 is 10.5 Å². The van der Waals surface area contributed by atoms with Crippen LogP contribution in [0.2, 0.25) is 0 Å². The van der Waals surface area contributed by atoms with Gasteiger partial charge in [0.1, 0.15) is 0 Å². The van der Waals surface area contributed by atoms with Crippen LogP contribution in [0.1, 0.15) is 17.3 Å². The summed E-state index contributed by atoms with van der Waals surface area (Å²) in [4.78, 5) is 11.3. The molecule has 15 heavy (non-hydrogen) atoms. The van der Waals surface area contributed by atoms with Gasteiger partial charge in [-0.2, -0.15) is 0 Å². The third kappa shape index (κ3) is 2.49. The van der Waals surface area contributed by atoms with Crippen molar-refractivity contribution in [1.29, 1.82) is 0 Å². The zero-order chi connectivity index (χ0) is 11.4. The van der Waals surface area contributed by atoms with E-state index < -0.39 is 5.97 Å². The van der Waals surface area contributed by atoms with E-state index in [0.717, 1.165) is 0 Å². The Labute approximate surface area is 88.3 Å². The van der Waals surface area contributed by atoms with E-state index in [1.165, 1.54) is 7.11 Å². The lowest BCUT2D eigenvalue weighted by atomic mass is 10.1. The average Bonchev–Trinajstić information content (AvgIpc) is 2.19. The first-order valence-electron chi connectivity index (χ1n) is 4.36. The third-order valence-electron chi connectivity index (χ3n) is 1.76. The number of esters is 1. The monoisotopic (exact) mass is 207 g/mol. The van der Waals surface area contributed by atoms with Crippen molar-refractivity contribution in [3.05, 3.63) is 36.1 Å². The van der Waals surface area contributed by atoms with Crippen molar-refractivity contribution in [2.45, 2.75) is 6.92 Å². The van der Waals surface area contributed by atoms with Gasteiger partial charge in [0.2, 0.25) is 0 Å². The van der Waals surface area contributed by atoms with Gasteiger partial charge in [-0.15, -0.1) is 0 Å². The highest BCUT2D eigenvalue weighted by Crippen LogP contribution is 2.26. The lowest BCUT2D eigenvalue weighted by Crippen LogP contribution is -2.07. The van der Waals surface area contributed by atoms with Gasteiger partial charge >= 0.3 is 5.97 Å². The molecule has 80 valence electrons. The summed E-state index contributed by atoms with van der Waals surface area (Å²) in [6.07, 6.45) is 0. The van der Waals surface area contributed by atoms with Crippen LogP contribution in [0.5, 0.6) is 5.75 Å². The number of carbonyl (C=O) groups is 1. The maximum atomic E-state index is 11.3. The predicted molar refractivity (Wildman–Crippen MR) is 57.6 cm³/mol. The molecule has 0 radical (unpaired) electrons. The van der Waals surface area contributed by atoms with E-state index >= 15 is 0 Å². The molecule has 4 heteroatoms.